The molecule has 0 aliphatic carbocycles. The fourth-order valence-corrected chi connectivity index (χ4v) is 4.70. The number of carbonyl (C=O) groups is 1. The standard InChI is InChI=1S/C25H30N4O2/c1-5-19(15-26-4)21-7-6-8-22(17(21)2)25-23-16-28(18(3)30)12-9-24(23)29(27-25)20-10-13-31-14-11-20/h5-8,15,20H,1,4,9-14,16H2,2-3H3/b19-15-. The predicted molar refractivity (Wildman–Crippen MR) is 124 cm³/mol. The second-order valence-corrected chi connectivity index (χ2v) is 8.20. The van der Waals surface area contributed by atoms with E-state index in [1.54, 1.807) is 19.2 Å². The minimum atomic E-state index is 0.106. The average Bonchev–Trinajstić information content (AvgIpc) is 3.17. The number of amides is 1. The molecule has 1 fully saturated rings. The predicted octanol–water partition coefficient (Wildman–Crippen LogP) is 4.34. The Bertz CT molecular complexity index is 1040. The molecule has 4 rings (SSSR count). The number of carbonyl (C=O) groups excluding carboxylic acids is 1. The van der Waals surface area contributed by atoms with Crippen LogP contribution in [0.2, 0.25) is 0 Å². The number of allylic oxidation sites excluding steroid dienone is 2. The first-order valence-corrected chi connectivity index (χ1v) is 10.9. The van der Waals surface area contributed by atoms with Crippen molar-refractivity contribution in [3.05, 3.63) is 59.4 Å². The van der Waals surface area contributed by atoms with Gasteiger partial charge >= 0.3 is 0 Å². The van der Waals surface area contributed by atoms with Crippen LogP contribution in [0.1, 0.15) is 48.2 Å². The summed E-state index contributed by atoms with van der Waals surface area (Å²) in [5.74, 6) is 0.106. The molecule has 0 radical (unpaired) electrons. The molecule has 0 unspecified atom stereocenters. The van der Waals surface area contributed by atoms with Crippen molar-refractivity contribution in [2.75, 3.05) is 19.8 Å². The van der Waals surface area contributed by atoms with Gasteiger partial charge in [-0.1, -0.05) is 30.9 Å². The Morgan fingerprint density at radius 2 is 2.10 bits per heavy atom. The largest absolute Gasteiger partial charge is 0.381 e. The van der Waals surface area contributed by atoms with Crippen molar-refractivity contribution < 1.29 is 9.53 Å². The first-order valence-electron chi connectivity index (χ1n) is 10.9. The lowest BCUT2D eigenvalue weighted by molar-refractivity contribution is -0.129. The third kappa shape index (κ3) is 4.00. The third-order valence-electron chi connectivity index (χ3n) is 6.42. The monoisotopic (exact) mass is 418 g/mol. The number of nitrogens with zero attached hydrogens (tertiary/aromatic N) is 4. The van der Waals surface area contributed by atoms with E-state index in [0.29, 0.717) is 12.6 Å². The summed E-state index contributed by atoms with van der Waals surface area (Å²) in [6.07, 6.45) is 6.30. The Hall–Kier alpha value is -2.99. The minimum Gasteiger partial charge on any atom is -0.381 e. The van der Waals surface area contributed by atoms with Gasteiger partial charge in [-0.3, -0.25) is 14.5 Å². The van der Waals surface area contributed by atoms with E-state index < -0.39 is 0 Å². The molecule has 0 N–H and O–H groups in total. The van der Waals surface area contributed by atoms with Gasteiger partial charge in [-0.2, -0.15) is 5.10 Å². The number of hydrogen-bond acceptors (Lipinski definition) is 4. The lowest BCUT2D eigenvalue weighted by atomic mass is 9.92. The number of rotatable bonds is 5. The number of benzene rings is 1. The molecule has 6 heteroatoms. The third-order valence-corrected chi connectivity index (χ3v) is 6.42. The van der Waals surface area contributed by atoms with Crippen molar-refractivity contribution in [2.45, 2.75) is 45.7 Å². The molecule has 3 heterocycles. The molecule has 0 bridgehead atoms. The van der Waals surface area contributed by atoms with Gasteiger partial charge in [0.25, 0.3) is 0 Å². The molecule has 2 aromatic rings. The van der Waals surface area contributed by atoms with Crippen LogP contribution in [0.3, 0.4) is 0 Å². The van der Waals surface area contributed by atoms with Crippen molar-refractivity contribution in [3.63, 3.8) is 0 Å². The van der Waals surface area contributed by atoms with Crippen LogP contribution in [0.15, 0.2) is 42.0 Å². The topological polar surface area (TPSA) is 59.7 Å². The number of fused-ring (bicyclic) bond motifs is 1. The molecule has 1 aromatic carbocycles. The van der Waals surface area contributed by atoms with E-state index in [0.717, 1.165) is 67.0 Å². The lowest BCUT2D eigenvalue weighted by Crippen LogP contribution is -2.35. The molecule has 6 nitrogen and oxygen atoms in total. The molecule has 1 saturated heterocycles. The molecule has 1 amide bonds. The van der Waals surface area contributed by atoms with E-state index in [9.17, 15) is 4.79 Å². The molecule has 0 spiro atoms. The molecular formula is C25H30N4O2. The first-order chi connectivity index (χ1) is 15.0. The van der Waals surface area contributed by atoms with Crippen LogP contribution in [0, 0.1) is 6.92 Å². The Morgan fingerprint density at radius 1 is 1.32 bits per heavy atom. The Morgan fingerprint density at radius 3 is 2.77 bits per heavy atom. The van der Waals surface area contributed by atoms with Crippen LogP contribution in [0.5, 0.6) is 0 Å². The zero-order chi connectivity index (χ0) is 22.0. The second-order valence-electron chi connectivity index (χ2n) is 8.20. The number of ether oxygens (including phenoxy) is 1. The SMILES string of the molecule is C=C/C(=C/N=C)c1cccc(-c2nn(C3CCOCC3)c3c2CN(C(C)=O)CC3)c1C. The van der Waals surface area contributed by atoms with E-state index >= 15 is 0 Å². The lowest BCUT2D eigenvalue weighted by Gasteiger charge is -2.29. The first kappa shape index (κ1) is 21.2. The fourth-order valence-electron chi connectivity index (χ4n) is 4.70. The summed E-state index contributed by atoms with van der Waals surface area (Å²) in [6, 6.07) is 6.58. The van der Waals surface area contributed by atoms with Crippen LogP contribution in [0.4, 0.5) is 0 Å². The highest BCUT2D eigenvalue weighted by atomic mass is 16.5. The van der Waals surface area contributed by atoms with E-state index in [2.05, 4.69) is 42.0 Å². The van der Waals surface area contributed by atoms with E-state index in [1.807, 2.05) is 11.0 Å². The molecule has 1 aromatic heterocycles. The molecule has 2 aliphatic heterocycles. The Kier molecular flexibility index (Phi) is 6.18. The van der Waals surface area contributed by atoms with Gasteiger partial charge in [-0.15, -0.1) is 0 Å². The van der Waals surface area contributed by atoms with Crippen molar-refractivity contribution in [1.82, 2.24) is 14.7 Å². The summed E-state index contributed by atoms with van der Waals surface area (Å²) in [6.45, 7) is 14.1. The fraction of sp³-hybridized carbons (Fsp3) is 0.400. The van der Waals surface area contributed by atoms with Gasteiger partial charge < -0.3 is 9.64 Å². The summed E-state index contributed by atoms with van der Waals surface area (Å²) in [7, 11) is 0. The molecule has 0 atom stereocenters. The van der Waals surface area contributed by atoms with Gasteiger partial charge in [0, 0.05) is 62.7 Å². The van der Waals surface area contributed by atoms with Gasteiger partial charge in [-0.05, 0) is 43.2 Å². The summed E-state index contributed by atoms with van der Waals surface area (Å²) in [5, 5.41) is 5.15. The zero-order valence-electron chi connectivity index (χ0n) is 18.4. The van der Waals surface area contributed by atoms with Gasteiger partial charge in [0.05, 0.1) is 11.7 Å². The van der Waals surface area contributed by atoms with Crippen LogP contribution in [-0.4, -0.2) is 47.1 Å². The van der Waals surface area contributed by atoms with Crippen molar-refractivity contribution in [1.29, 1.82) is 0 Å². The van der Waals surface area contributed by atoms with Crippen LogP contribution in [-0.2, 0) is 22.5 Å². The van der Waals surface area contributed by atoms with E-state index in [-0.39, 0.29) is 5.91 Å². The number of aliphatic imine (C=N–C) groups is 1. The van der Waals surface area contributed by atoms with Crippen LogP contribution in [0.25, 0.3) is 16.8 Å². The highest BCUT2D eigenvalue weighted by Gasteiger charge is 2.30. The van der Waals surface area contributed by atoms with Crippen molar-refractivity contribution in [2.24, 2.45) is 4.99 Å². The smallest absolute Gasteiger partial charge is 0.219 e. The van der Waals surface area contributed by atoms with E-state index in [1.165, 1.54) is 11.3 Å². The molecule has 162 valence electrons. The van der Waals surface area contributed by atoms with Gasteiger partial charge in [-0.25, -0.2) is 0 Å². The highest BCUT2D eigenvalue weighted by molar-refractivity contribution is 5.81. The highest BCUT2D eigenvalue weighted by Crippen LogP contribution is 2.37. The van der Waals surface area contributed by atoms with Crippen molar-refractivity contribution >= 4 is 18.2 Å². The van der Waals surface area contributed by atoms with Gasteiger partial charge in [0.15, 0.2) is 0 Å². The maximum absolute atomic E-state index is 12.1. The molecule has 2 aliphatic rings. The zero-order valence-corrected chi connectivity index (χ0v) is 18.4. The van der Waals surface area contributed by atoms with Crippen LogP contribution >= 0.6 is 0 Å². The summed E-state index contributed by atoms with van der Waals surface area (Å²) >= 11 is 0. The molecule has 31 heavy (non-hydrogen) atoms. The molecular weight excluding hydrogens is 388 g/mol. The Labute approximate surface area is 183 Å². The quantitative estimate of drug-likeness (QED) is 0.536. The Balaban J connectivity index is 1.86. The maximum atomic E-state index is 12.1. The van der Waals surface area contributed by atoms with Crippen molar-refractivity contribution in [3.8, 4) is 11.3 Å². The van der Waals surface area contributed by atoms with Gasteiger partial charge in [0.1, 0.15) is 0 Å². The van der Waals surface area contributed by atoms with E-state index in [4.69, 9.17) is 9.84 Å². The normalized spacial score (nSPS) is 17.4. The summed E-state index contributed by atoms with van der Waals surface area (Å²) in [5.41, 5.74) is 7.60. The summed E-state index contributed by atoms with van der Waals surface area (Å²) in [4.78, 5) is 18.0. The minimum absolute atomic E-state index is 0.106. The second kappa shape index (κ2) is 9.02. The van der Waals surface area contributed by atoms with Crippen LogP contribution < -0.4 is 0 Å². The summed E-state index contributed by atoms with van der Waals surface area (Å²) < 4.78 is 7.81. The average molecular weight is 419 g/mol. The maximum Gasteiger partial charge on any atom is 0.219 e. The molecule has 0 saturated carbocycles. The number of aromatic nitrogens is 2. The number of hydrogen-bond donors (Lipinski definition) is 0. The van der Waals surface area contributed by atoms with Gasteiger partial charge in [0.2, 0.25) is 5.91 Å².